The third-order valence-corrected chi connectivity index (χ3v) is 3.77. The summed E-state index contributed by atoms with van der Waals surface area (Å²) in [7, 11) is 0. The maximum atomic E-state index is 11.0. The van der Waals surface area contributed by atoms with E-state index in [4.69, 9.17) is 11.6 Å². The summed E-state index contributed by atoms with van der Waals surface area (Å²) in [6, 6.07) is 8.13. The number of benzene rings is 1. The molecule has 19 heavy (non-hydrogen) atoms. The van der Waals surface area contributed by atoms with Gasteiger partial charge in [0.1, 0.15) is 5.15 Å². The van der Waals surface area contributed by atoms with Crippen molar-refractivity contribution in [3.05, 3.63) is 54.5 Å². The molecule has 1 N–H and O–H groups in total. The average Bonchev–Trinajstić information content (AvgIpc) is 2.33. The summed E-state index contributed by atoms with van der Waals surface area (Å²) in [5, 5.41) is 14.0. The van der Waals surface area contributed by atoms with Crippen LogP contribution in [0.5, 0.6) is 0 Å². The van der Waals surface area contributed by atoms with Crippen LogP contribution >= 0.6 is 43.5 Å². The molecule has 0 saturated carbocycles. The lowest BCUT2D eigenvalue weighted by Gasteiger charge is -2.10. The molecule has 1 aromatic heterocycles. The van der Waals surface area contributed by atoms with Crippen molar-refractivity contribution in [2.75, 3.05) is 5.32 Å². The van der Waals surface area contributed by atoms with Gasteiger partial charge < -0.3 is 5.32 Å². The molecule has 0 aliphatic carbocycles. The van der Waals surface area contributed by atoms with Crippen LogP contribution in [0.3, 0.4) is 0 Å². The molecule has 0 amide bonds. The number of aromatic nitrogens is 1. The first kappa shape index (κ1) is 14.2. The van der Waals surface area contributed by atoms with Crippen molar-refractivity contribution < 1.29 is 4.92 Å². The van der Waals surface area contributed by atoms with Gasteiger partial charge in [-0.3, -0.25) is 10.1 Å². The SMILES string of the molecule is O=[N+]([O-])c1ccc(Cl)nc1Nc1c(Br)cccc1Br. The van der Waals surface area contributed by atoms with Gasteiger partial charge in [-0.05, 0) is 50.1 Å². The summed E-state index contributed by atoms with van der Waals surface area (Å²) in [6.45, 7) is 0. The maximum absolute atomic E-state index is 11.0. The van der Waals surface area contributed by atoms with Gasteiger partial charge in [0.25, 0.3) is 0 Å². The first-order valence-corrected chi connectivity index (χ1v) is 6.97. The second kappa shape index (κ2) is 5.85. The molecular formula is C11H6Br2ClN3O2. The molecule has 0 aliphatic heterocycles. The molecule has 1 heterocycles. The largest absolute Gasteiger partial charge is 0.333 e. The van der Waals surface area contributed by atoms with Crippen LogP contribution in [0.1, 0.15) is 0 Å². The number of anilines is 2. The van der Waals surface area contributed by atoms with Crippen LogP contribution in [0.2, 0.25) is 5.15 Å². The zero-order valence-corrected chi connectivity index (χ0v) is 13.2. The highest BCUT2D eigenvalue weighted by molar-refractivity contribution is 9.11. The molecule has 0 radical (unpaired) electrons. The number of rotatable bonds is 3. The van der Waals surface area contributed by atoms with Crippen LogP contribution in [-0.2, 0) is 0 Å². The van der Waals surface area contributed by atoms with Gasteiger partial charge in [-0.25, -0.2) is 4.98 Å². The molecule has 0 spiro atoms. The van der Waals surface area contributed by atoms with E-state index in [2.05, 4.69) is 42.2 Å². The van der Waals surface area contributed by atoms with Gasteiger partial charge in [0, 0.05) is 15.0 Å². The Balaban J connectivity index is 2.49. The predicted molar refractivity (Wildman–Crippen MR) is 81.0 cm³/mol. The molecule has 8 heteroatoms. The van der Waals surface area contributed by atoms with Crippen molar-refractivity contribution in [2.24, 2.45) is 0 Å². The minimum Gasteiger partial charge on any atom is -0.333 e. The van der Waals surface area contributed by atoms with Crippen LogP contribution in [-0.4, -0.2) is 9.91 Å². The Hall–Kier alpha value is -1.18. The van der Waals surface area contributed by atoms with E-state index < -0.39 is 4.92 Å². The van der Waals surface area contributed by atoms with Gasteiger partial charge in [0.05, 0.1) is 10.6 Å². The number of nitrogens with one attached hydrogen (secondary N) is 1. The average molecular weight is 407 g/mol. The molecule has 0 bridgehead atoms. The second-order valence-electron chi connectivity index (χ2n) is 3.48. The number of para-hydroxylation sites is 1. The third kappa shape index (κ3) is 3.23. The summed E-state index contributed by atoms with van der Waals surface area (Å²) in [5.41, 5.74) is 0.493. The zero-order chi connectivity index (χ0) is 14.0. The van der Waals surface area contributed by atoms with E-state index in [0.717, 1.165) is 8.95 Å². The van der Waals surface area contributed by atoms with Crippen LogP contribution < -0.4 is 5.32 Å². The standard InChI is InChI=1S/C11H6Br2ClN3O2/c12-6-2-1-3-7(13)10(6)16-11-8(17(18)19)4-5-9(14)15-11/h1-5H,(H,15,16). The fraction of sp³-hybridized carbons (Fsp3) is 0. The van der Waals surface area contributed by atoms with Gasteiger partial charge in [-0.15, -0.1) is 0 Å². The third-order valence-electron chi connectivity index (χ3n) is 2.24. The Morgan fingerprint density at radius 2 is 1.84 bits per heavy atom. The normalized spacial score (nSPS) is 10.3. The van der Waals surface area contributed by atoms with Gasteiger partial charge in [0.15, 0.2) is 0 Å². The van der Waals surface area contributed by atoms with Crippen molar-refractivity contribution in [3.8, 4) is 0 Å². The van der Waals surface area contributed by atoms with E-state index in [9.17, 15) is 10.1 Å². The molecule has 0 unspecified atom stereocenters. The molecule has 0 saturated heterocycles. The summed E-state index contributed by atoms with van der Waals surface area (Å²) < 4.78 is 1.50. The van der Waals surface area contributed by atoms with Gasteiger partial charge >= 0.3 is 5.69 Å². The van der Waals surface area contributed by atoms with Gasteiger partial charge in [0.2, 0.25) is 5.82 Å². The van der Waals surface area contributed by atoms with Gasteiger partial charge in [-0.1, -0.05) is 17.7 Å². The summed E-state index contributed by atoms with van der Waals surface area (Å²) in [5.74, 6) is 0.0881. The van der Waals surface area contributed by atoms with Crippen molar-refractivity contribution in [1.82, 2.24) is 4.98 Å². The van der Waals surface area contributed by atoms with E-state index in [1.54, 1.807) is 0 Å². The Bertz CT molecular complexity index is 632. The van der Waals surface area contributed by atoms with Crippen molar-refractivity contribution in [1.29, 1.82) is 0 Å². The zero-order valence-electron chi connectivity index (χ0n) is 9.23. The van der Waals surface area contributed by atoms with E-state index in [0.29, 0.717) is 5.69 Å². The molecule has 2 rings (SSSR count). The van der Waals surface area contributed by atoms with E-state index in [1.807, 2.05) is 18.2 Å². The lowest BCUT2D eigenvalue weighted by molar-refractivity contribution is -0.384. The molecule has 2 aromatic rings. The highest BCUT2D eigenvalue weighted by atomic mass is 79.9. The number of nitrogens with zero attached hydrogens (tertiary/aromatic N) is 2. The van der Waals surface area contributed by atoms with Crippen molar-refractivity contribution in [3.63, 3.8) is 0 Å². The first-order chi connectivity index (χ1) is 8.99. The number of nitro groups is 1. The summed E-state index contributed by atoms with van der Waals surface area (Å²) in [4.78, 5) is 14.4. The minimum atomic E-state index is -0.517. The molecule has 0 aliphatic rings. The molecule has 1 aromatic carbocycles. The van der Waals surface area contributed by atoms with E-state index in [-0.39, 0.29) is 16.7 Å². The Kier molecular flexibility index (Phi) is 4.38. The Morgan fingerprint density at radius 1 is 1.21 bits per heavy atom. The fourth-order valence-corrected chi connectivity index (χ4v) is 2.75. The first-order valence-electron chi connectivity index (χ1n) is 5.01. The van der Waals surface area contributed by atoms with Crippen LogP contribution in [0, 0.1) is 10.1 Å². The number of halogens is 3. The fourth-order valence-electron chi connectivity index (χ4n) is 1.40. The maximum Gasteiger partial charge on any atom is 0.311 e. The van der Waals surface area contributed by atoms with Crippen LogP contribution in [0.4, 0.5) is 17.2 Å². The second-order valence-corrected chi connectivity index (χ2v) is 5.58. The Morgan fingerprint density at radius 3 is 2.42 bits per heavy atom. The van der Waals surface area contributed by atoms with Crippen LogP contribution in [0.25, 0.3) is 0 Å². The van der Waals surface area contributed by atoms with E-state index in [1.165, 1.54) is 12.1 Å². The topological polar surface area (TPSA) is 68.1 Å². The lowest BCUT2D eigenvalue weighted by atomic mass is 10.3. The summed E-state index contributed by atoms with van der Waals surface area (Å²) in [6.07, 6.45) is 0. The van der Waals surface area contributed by atoms with Gasteiger partial charge in [-0.2, -0.15) is 0 Å². The number of hydrogen-bond acceptors (Lipinski definition) is 4. The lowest BCUT2D eigenvalue weighted by Crippen LogP contribution is -2.00. The highest BCUT2D eigenvalue weighted by Crippen LogP contribution is 2.35. The van der Waals surface area contributed by atoms with Crippen molar-refractivity contribution >= 4 is 60.7 Å². The molecule has 98 valence electrons. The molecular weight excluding hydrogens is 401 g/mol. The predicted octanol–water partition coefficient (Wildman–Crippen LogP) is 4.91. The number of pyridine rings is 1. The van der Waals surface area contributed by atoms with Crippen molar-refractivity contribution in [2.45, 2.75) is 0 Å². The number of hydrogen-bond donors (Lipinski definition) is 1. The van der Waals surface area contributed by atoms with Crippen LogP contribution in [0.15, 0.2) is 39.3 Å². The molecule has 0 fully saturated rings. The smallest absolute Gasteiger partial charge is 0.311 e. The minimum absolute atomic E-state index is 0.0881. The molecule has 0 atom stereocenters. The highest BCUT2D eigenvalue weighted by Gasteiger charge is 2.17. The molecule has 5 nitrogen and oxygen atoms in total. The quantitative estimate of drug-likeness (QED) is 0.446. The Labute approximate surface area is 130 Å². The summed E-state index contributed by atoms with van der Waals surface area (Å²) >= 11 is 12.5. The van der Waals surface area contributed by atoms with E-state index >= 15 is 0 Å². The monoisotopic (exact) mass is 405 g/mol.